The third-order valence-electron chi connectivity index (χ3n) is 6.51. The molecule has 1 saturated heterocycles. The summed E-state index contributed by atoms with van der Waals surface area (Å²) in [6.07, 6.45) is 1.62. The maximum atomic E-state index is 11.5. The molecule has 31 heavy (non-hydrogen) atoms. The lowest BCUT2D eigenvalue weighted by Gasteiger charge is -2.46. The van der Waals surface area contributed by atoms with Crippen molar-refractivity contribution in [2.45, 2.75) is 57.3 Å². The van der Waals surface area contributed by atoms with Gasteiger partial charge in [0.1, 0.15) is 11.4 Å². The van der Waals surface area contributed by atoms with Crippen molar-refractivity contribution in [1.82, 2.24) is 4.90 Å². The monoisotopic (exact) mass is 424 g/mol. The normalized spacial score (nSPS) is 21.2. The number of nitrogens with zero attached hydrogens (tertiary/aromatic N) is 1. The fourth-order valence-corrected chi connectivity index (χ4v) is 4.60. The molecule has 2 atom stereocenters. The Morgan fingerprint density at radius 2 is 1.94 bits per heavy atom. The van der Waals surface area contributed by atoms with Crippen LogP contribution in [0.3, 0.4) is 0 Å². The highest BCUT2D eigenvalue weighted by molar-refractivity contribution is 5.90. The smallest absolute Gasteiger partial charge is 0.224 e. The number of fused-ring (bicyclic) bond motifs is 1. The molecule has 1 spiro atoms. The fraction of sp³-hybridized carbons (Fsp3) is 0.480. The van der Waals surface area contributed by atoms with Crippen LogP contribution in [0, 0.1) is 6.92 Å². The molecule has 0 aromatic heterocycles. The Morgan fingerprint density at radius 3 is 2.61 bits per heavy atom. The van der Waals surface area contributed by atoms with Gasteiger partial charge in [-0.1, -0.05) is 30.7 Å². The predicted molar refractivity (Wildman–Crippen MR) is 120 cm³/mol. The summed E-state index contributed by atoms with van der Waals surface area (Å²) in [5.74, 6) is 0.774. The number of likely N-dealkylation sites (tertiary alicyclic amines) is 1. The van der Waals surface area contributed by atoms with Crippen LogP contribution in [0.15, 0.2) is 42.5 Å². The second-order valence-corrected chi connectivity index (χ2v) is 8.89. The van der Waals surface area contributed by atoms with Crippen LogP contribution in [0.5, 0.6) is 5.75 Å². The Balaban J connectivity index is 1.33. The molecule has 6 nitrogen and oxygen atoms in total. The van der Waals surface area contributed by atoms with Gasteiger partial charge in [0.15, 0.2) is 0 Å². The van der Waals surface area contributed by atoms with Crippen molar-refractivity contribution >= 4 is 11.6 Å². The molecule has 1 amide bonds. The first-order chi connectivity index (χ1) is 14.9. The van der Waals surface area contributed by atoms with Crippen molar-refractivity contribution in [2.75, 3.05) is 25.0 Å². The van der Waals surface area contributed by atoms with Crippen LogP contribution in [-0.4, -0.2) is 46.3 Å². The number of carbonyl (C=O) groups excluding carboxylic acids is 1. The summed E-state index contributed by atoms with van der Waals surface area (Å²) >= 11 is 0. The minimum Gasteiger partial charge on any atom is -0.487 e. The molecule has 1 fully saturated rings. The number of rotatable bonds is 5. The summed E-state index contributed by atoms with van der Waals surface area (Å²) in [4.78, 5) is 13.8. The van der Waals surface area contributed by atoms with Gasteiger partial charge in [-0.3, -0.25) is 4.79 Å². The van der Waals surface area contributed by atoms with Gasteiger partial charge in [0, 0.05) is 43.7 Å². The van der Waals surface area contributed by atoms with E-state index in [9.17, 15) is 15.0 Å². The largest absolute Gasteiger partial charge is 0.487 e. The van der Waals surface area contributed by atoms with Gasteiger partial charge in [0.2, 0.25) is 5.91 Å². The second-order valence-electron chi connectivity index (χ2n) is 8.89. The number of carbonyl (C=O) groups is 1. The van der Waals surface area contributed by atoms with Crippen molar-refractivity contribution in [3.05, 3.63) is 59.2 Å². The van der Waals surface area contributed by atoms with Gasteiger partial charge < -0.3 is 25.2 Å². The van der Waals surface area contributed by atoms with E-state index in [1.54, 1.807) is 0 Å². The highest BCUT2D eigenvalue weighted by Crippen LogP contribution is 2.44. The second kappa shape index (κ2) is 8.99. The number of β-amino-alcohol motifs (C(OH)–C–C–N with tert-alkyl or cyclic N) is 1. The van der Waals surface area contributed by atoms with Gasteiger partial charge in [0.25, 0.3) is 0 Å². The molecule has 2 heterocycles. The first-order valence-electron chi connectivity index (χ1n) is 11.2. The van der Waals surface area contributed by atoms with Gasteiger partial charge in [-0.05, 0) is 49.6 Å². The van der Waals surface area contributed by atoms with E-state index in [-0.39, 0.29) is 11.5 Å². The Kier molecular flexibility index (Phi) is 6.32. The van der Waals surface area contributed by atoms with Crippen molar-refractivity contribution in [3.63, 3.8) is 0 Å². The van der Waals surface area contributed by atoms with E-state index < -0.39 is 12.2 Å². The Labute approximate surface area is 183 Å². The lowest BCUT2D eigenvalue weighted by Crippen LogP contribution is -2.51. The van der Waals surface area contributed by atoms with Gasteiger partial charge in [-0.25, -0.2) is 0 Å². The molecule has 0 unspecified atom stereocenters. The van der Waals surface area contributed by atoms with E-state index in [1.165, 1.54) is 0 Å². The maximum absolute atomic E-state index is 11.5. The van der Waals surface area contributed by atoms with Gasteiger partial charge >= 0.3 is 0 Å². The molecular weight excluding hydrogens is 392 g/mol. The van der Waals surface area contributed by atoms with Crippen LogP contribution >= 0.6 is 0 Å². The molecule has 2 aromatic rings. The molecule has 4 rings (SSSR count). The van der Waals surface area contributed by atoms with E-state index in [0.29, 0.717) is 19.4 Å². The SMILES string of the molecule is CCC(=O)Nc1ccc([C@H](O)CN2CCC3(CC2)C[C@@H](O)c2cc(C)ccc2O3)cc1. The first kappa shape index (κ1) is 21.8. The van der Waals surface area contributed by atoms with Crippen LogP contribution in [-0.2, 0) is 4.79 Å². The zero-order chi connectivity index (χ0) is 22.0. The number of nitrogens with one attached hydrogen (secondary N) is 1. The van der Waals surface area contributed by atoms with E-state index in [1.807, 2.05) is 56.3 Å². The minimum absolute atomic E-state index is 0.0247. The van der Waals surface area contributed by atoms with Crippen molar-refractivity contribution < 1.29 is 19.7 Å². The molecule has 0 bridgehead atoms. The number of ether oxygens (including phenoxy) is 1. The average Bonchev–Trinajstić information content (AvgIpc) is 2.76. The first-order valence-corrected chi connectivity index (χ1v) is 11.2. The summed E-state index contributed by atoms with van der Waals surface area (Å²) < 4.78 is 6.39. The fourth-order valence-electron chi connectivity index (χ4n) is 4.60. The highest BCUT2D eigenvalue weighted by atomic mass is 16.5. The zero-order valence-corrected chi connectivity index (χ0v) is 18.3. The van der Waals surface area contributed by atoms with E-state index in [0.717, 1.165) is 54.1 Å². The van der Waals surface area contributed by atoms with Crippen LogP contribution < -0.4 is 10.1 Å². The number of aliphatic hydroxyl groups excluding tert-OH is 2. The molecular formula is C25H32N2O4. The van der Waals surface area contributed by atoms with E-state index in [2.05, 4.69) is 10.2 Å². The summed E-state index contributed by atoms with van der Waals surface area (Å²) in [5.41, 5.74) is 3.26. The van der Waals surface area contributed by atoms with Crippen molar-refractivity contribution in [3.8, 4) is 5.75 Å². The summed E-state index contributed by atoms with van der Waals surface area (Å²) in [6.45, 7) is 6.02. The highest BCUT2D eigenvalue weighted by Gasteiger charge is 2.43. The van der Waals surface area contributed by atoms with Crippen LogP contribution in [0.1, 0.15) is 61.5 Å². The third-order valence-corrected chi connectivity index (χ3v) is 6.51. The number of hydrogen-bond acceptors (Lipinski definition) is 5. The molecule has 0 radical (unpaired) electrons. The lowest BCUT2D eigenvalue weighted by atomic mass is 9.81. The summed E-state index contributed by atoms with van der Waals surface area (Å²) in [6, 6.07) is 13.4. The standard InChI is InChI=1S/C25H32N2O4/c1-3-24(30)26-19-7-5-18(6-8-19)22(29)16-27-12-10-25(11-13-27)15-21(28)20-14-17(2)4-9-23(20)31-25/h4-9,14,21-22,28-29H,3,10-13,15-16H2,1-2H3,(H,26,30)/t21-,22-/m1/s1. The summed E-state index contributed by atoms with van der Waals surface area (Å²) in [5, 5.41) is 24.2. The molecule has 2 aliphatic rings. The predicted octanol–water partition coefficient (Wildman–Crippen LogP) is 3.73. The third kappa shape index (κ3) is 4.92. The molecule has 2 aliphatic heterocycles. The number of amides is 1. The van der Waals surface area contributed by atoms with Gasteiger partial charge in [-0.2, -0.15) is 0 Å². The van der Waals surface area contributed by atoms with Crippen molar-refractivity contribution in [1.29, 1.82) is 0 Å². The minimum atomic E-state index is -0.591. The maximum Gasteiger partial charge on any atom is 0.224 e. The molecule has 166 valence electrons. The molecule has 2 aromatic carbocycles. The number of piperidine rings is 1. The topological polar surface area (TPSA) is 82.0 Å². The quantitative estimate of drug-likeness (QED) is 0.681. The van der Waals surface area contributed by atoms with Crippen LogP contribution in [0.4, 0.5) is 5.69 Å². The van der Waals surface area contributed by atoms with Crippen molar-refractivity contribution in [2.24, 2.45) is 0 Å². The number of hydrogen-bond donors (Lipinski definition) is 3. The zero-order valence-electron chi connectivity index (χ0n) is 18.3. The number of aryl methyl sites for hydroxylation is 1. The molecule has 0 saturated carbocycles. The molecule has 6 heteroatoms. The van der Waals surface area contributed by atoms with Crippen LogP contribution in [0.2, 0.25) is 0 Å². The van der Waals surface area contributed by atoms with Crippen LogP contribution in [0.25, 0.3) is 0 Å². The number of benzene rings is 2. The summed E-state index contributed by atoms with van der Waals surface area (Å²) in [7, 11) is 0. The van der Waals surface area contributed by atoms with E-state index in [4.69, 9.17) is 4.74 Å². The number of aliphatic hydroxyl groups is 2. The Bertz CT molecular complexity index is 920. The van der Waals surface area contributed by atoms with E-state index >= 15 is 0 Å². The molecule has 3 N–H and O–H groups in total. The van der Waals surface area contributed by atoms with Gasteiger partial charge in [-0.15, -0.1) is 0 Å². The average molecular weight is 425 g/mol. The number of anilines is 1. The Hall–Kier alpha value is -2.41. The Morgan fingerprint density at radius 1 is 1.23 bits per heavy atom. The van der Waals surface area contributed by atoms with Gasteiger partial charge in [0.05, 0.1) is 12.2 Å². The lowest BCUT2D eigenvalue weighted by molar-refractivity contribution is -0.115. The molecule has 0 aliphatic carbocycles.